The van der Waals surface area contributed by atoms with E-state index in [-0.39, 0.29) is 0 Å². The molecule has 1 aromatic heterocycles. The summed E-state index contributed by atoms with van der Waals surface area (Å²) in [6.45, 7) is 8.99. The third-order valence-corrected chi connectivity index (χ3v) is 7.42. The Balaban J connectivity index is 1.49. The first-order valence-electron chi connectivity index (χ1n) is 11.3. The molecule has 0 amide bonds. The van der Waals surface area contributed by atoms with Crippen molar-refractivity contribution in [1.29, 1.82) is 0 Å². The molecule has 4 heteroatoms. The van der Waals surface area contributed by atoms with Gasteiger partial charge in [0.15, 0.2) is 0 Å². The van der Waals surface area contributed by atoms with Gasteiger partial charge in [0.2, 0.25) is 0 Å². The summed E-state index contributed by atoms with van der Waals surface area (Å²) in [4.78, 5) is 5.06. The summed E-state index contributed by atoms with van der Waals surface area (Å²) in [6.07, 6.45) is 1.97. The highest BCUT2D eigenvalue weighted by Crippen LogP contribution is 2.42. The van der Waals surface area contributed by atoms with Gasteiger partial charge in [0, 0.05) is 37.9 Å². The van der Waals surface area contributed by atoms with Crippen molar-refractivity contribution in [3.63, 3.8) is 0 Å². The van der Waals surface area contributed by atoms with E-state index >= 15 is 0 Å². The molecule has 3 aromatic rings. The number of phenolic OH excluding ortho intramolecular Hbond substituents is 1. The van der Waals surface area contributed by atoms with Crippen LogP contribution in [-0.2, 0) is 6.42 Å². The van der Waals surface area contributed by atoms with Crippen LogP contribution >= 0.6 is 11.3 Å². The Morgan fingerprint density at radius 3 is 2.32 bits per heavy atom. The standard InChI is InChI=1S/C27H30N2OS/c1-19(2)28-12-14-29(15-13-28)23-6-3-20(4-7-23)27-25-10-8-24(30)17-21(25)5-9-26(27)22-11-16-31-18-22/h3-4,6-8,10-11,16-19,30H,5,9,12-15H2,1-2H3. The van der Waals surface area contributed by atoms with Crippen molar-refractivity contribution in [2.24, 2.45) is 0 Å². The lowest BCUT2D eigenvalue weighted by molar-refractivity contribution is 0.209. The highest BCUT2D eigenvalue weighted by Gasteiger charge is 2.23. The maximum atomic E-state index is 10.0. The predicted octanol–water partition coefficient (Wildman–Crippen LogP) is 5.89. The normalized spacial score (nSPS) is 17.3. The van der Waals surface area contributed by atoms with E-state index < -0.39 is 0 Å². The summed E-state index contributed by atoms with van der Waals surface area (Å²) in [5.41, 5.74) is 9.12. The van der Waals surface area contributed by atoms with Gasteiger partial charge >= 0.3 is 0 Å². The number of hydrogen-bond acceptors (Lipinski definition) is 4. The third-order valence-electron chi connectivity index (χ3n) is 6.74. The minimum Gasteiger partial charge on any atom is -0.508 e. The second-order valence-corrected chi connectivity index (χ2v) is 9.65. The van der Waals surface area contributed by atoms with E-state index in [1.165, 1.54) is 39.1 Å². The summed E-state index contributed by atoms with van der Waals surface area (Å²) in [6, 6.07) is 17.8. The lowest BCUT2D eigenvalue weighted by Gasteiger charge is -2.38. The smallest absolute Gasteiger partial charge is 0.115 e. The van der Waals surface area contributed by atoms with Gasteiger partial charge in [-0.25, -0.2) is 0 Å². The number of fused-ring (bicyclic) bond motifs is 1. The molecule has 1 saturated heterocycles. The maximum absolute atomic E-state index is 10.0. The molecule has 1 N–H and O–H groups in total. The summed E-state index contributed by atoms with van der Waals surface area (Å²) >= 11 is 1.75. The second-order valence-electron chi connectivity index (χ2n) is 8.87. The molecule has 160 valence electrons. The zero-order chi connectivity index (χ0) is 21.4. The molecular weight excluding hydrogens is 400 g/mol. The Labute approximate surface area is 189 Å². The van der Waals surface area contributed by atoms with Crippen LogP contribution in [0.25, 0.3) is 11.1 Å². The zero-order valence-corrected chi connectivity index (χ0v) is 19.2. The highest BCUT2D eigenvalue weighted by molar-refractivity contribution is 7.08. The van der Waals surface area contributed by atoms with Crippen LogP contribution in [0, 0.1) is 0 Å². The molecule has 0 spiro atoms. The van der Waals surface area contributed by atoms with Crippen LogP contribution in [0.1, 0.15) is 42.5 Å². The van der Waals surface area contributed by atoms with E-state index in [1.54, 1.807) is 11.3 Å². The van der Waals surface area contributed by atoms with Crippen molar-refractivity contribution in [3.8, 4) is 5.75 Å². The Kier molecular flexibility index (Phi) is 5.59. The number of anilines is 1. The van der Waals surface area contributed by atoms with Gasteiger partial charge in [-0.1, -0.05) is 18.2 Å². The molecule has 0 atom stereocenters. The molecule has 1 fully saturated rings. The lowest BCUT2D eigenvalue weighted by Crippen LogP contribution is -2.48. The summed E-state index contributed by atoms with van der Waals surface area (Å²) in [5.74, 6) is 0.355. The van der Waals surface area contributed by atoms with E-state index in [1.807, 2.05) is 12.1 Å². The molecule has 31 heavy (non-hydrogen) atoms. The van der Waals surface area contributed by atoms with Crippen LogP contribution in [0.4, 0.5) is 5.69 Å². The molecule has 0 radical (unpaired) electrons. The number of rotatable bonds is 4. The van der Waals surface area contributed by atoms with Crippen molar-refractivity contribution < 1.29 is 5.11 Å². The molecule has 2 aromatic carbocycles. The predicted molar refractivity (Wildman–Crippen MR) is 132 cm³/mol. The first-order valence-corrected chi connectivity index (χ1v) is 12.2. The Morgan fingerprint density at radius 2 is 1.65 bits per heavy atom. The minimum absolute atomic E-state index is 0.355. The zero-order valence-electron chi connectivity index (χ0n) is 18.3. The quantitative estimate of drug-likeness (QED) is 0.559. The number of aryl methyl sites for hydroxylation is 1. The van der Waals surface area contributed by atoms with Gasteiger partial charge in [0.25, 0.3) is 0 Å². The number of nitrogens with zero attached hydrogens (tertiary/aromatic N) is 2. The van der Waals surface area contributed by atoms with Crippen molar-refractivity contribution in [2.45, 2.75) is 32.7 Å². The number of thiophene rings is 1. The Bertz CT molecular complexity index is 1070. The number of benzene rings is 2. The van der Waals surface area contributed by atoms with E-state index in [0.29, 0.717) is 11.8 Å². The average molecular weight is 431 g/mol. The molecule has 1 aliphatic carbocycles. The second kappa shape index (κ2) is 8.52. The highest BCUT2D eigenvalue weighted by atomic mass is 32.1. The first kappa shape index (κ1) is 20.3. The van der Waals surface area contributed by atoms with Gasteiger partial charge in [-0.2, -0.15) is 11.3 Å². The fraction of sp³-hybridized carbons (Fsp3) is 0.333. The fourth-order valence-electron chi connectivity index (χ4n) is 4.97. The Morgan fingerprint density at radius 1 is 0.871 bits per heavy atom. The fourth-order valence-corrected chi connectivity index (χ4v) is 5.64. The molecule has 0 saturated carbocycles. The number of phenols is 1. The van der Waals surface area contributed by atoms with E-state index in [2.05, 4.69) is 70.8 Å². The number of piperazine rings is 1. The lowest BCUT2D eigenvalue weighted by atomic mass is 9.80. The van der Waals surface area contributed by atoms with Gasteiger partial charge in [0.05, 0.1) is 0 Å². The Hall–Kier alpha value is -2.56. The summed E-state index contributed by atoms with van der Waals surface area (Å²) in [7, 11) is 0. The van der Waals surface area contributed by atoms with Crippen LogP contribution in [0.2, 0.25) is 0 Å². The van der Waals surface area contributed by atoms with Crippen LogP contribution in [0.15, 0.2) is 59.3 Å². The van der Waals surface area contributed by atoms with E-state index in [4.69, 9.17) is 0 Å². The number of allylic oxidation sites excluding steroid dienone is 1. The van der Waals surface area contributed by atoms with E-state index in [9.17, 15) is 5.11 Å². The largest absolute Gasteiger partial charge is 0.508 e. The first-order chi connectivity index (χ1) is 15.1. The molecule has 2 heterocycles. The summed E-state index contributed by atoms with van der Waals surface area (Å²) in [5, 5.41) is 14.4. The van der Waals surface area contributed by atoms with Crippen molar-refractivity contribution in [2.75, 3.05) is 31.1 Å². The molecule has 2 aliphatic rings. The topological polar surface area (TPSA) is 26.7 Å². The van der Waals surface area contributed by atoms with Gasteiger partial charge < -0.3 is 10.0 Å². The SMILES string of the molecule is CC(C)N1CCN(c2ccc(C3=C(c4ccsc4)CCc4cc(O)ccc43)cc2)CC1. The average Bonchev–Trinajstić information content (AvgIpc) is 3.33. The molecule has 5 rings (SSSR count). The van der Waals surface area contributed by atoms with Crippen molar-refractivity contribution >= 4 is 28.2 Å². The van der Waals surface area contributed by atoms with Crippen LogP contribution in [0.3, 0.4) is 0 Å². The van der Waals surface area contributed by atoms with Crippen LogP contribution in [0.5, 0.6) is 5.75 Å². The molecule has 0 unspecified atom stereocenters. The molecule has 1 aliphatic heterocycles. The monoisotopic (exact) mass is 430 g/mol. The minimum atomic E-state index is 0.355. The van der Waals surface area contributed by atoms with Gasteiger partial charge in [-0.3, -0.25) is 4.90 Å². The third kappa shape index (κ3) is 4.02. The molecule has 3 nitrogen and oxygen atoms in total. The van der Waals surface area contributed by atoms with Gasteiger partial charge in [-0.05, 0) is 101 Å². The van der Waals surface area contributed by atoms with E-state index in [0.717, 1.165) is 39.0 Å². The van der Waals surface area contributed by atoms with Crippen LogP contribution in [-0.4, -0.2) is 42.2 Å². The van der Waals surface area contributed by atoms with Gasteiger partial charge in [-0.15, -0.1) is 0 Å². The van der Waals surface area contributed by atoms with Crippen molar-refractivity contribution in [1.82, 2.24) is 4.90 Å². The number of hydrogen-bond donors (Lipinski definition) is 1. The van der Waals surface area contributed by atoms with Crippen molar-refractivity contribution in [3.05, 3.63) is 81.5 Å². The number of aromatic hydroxyl groups is 1. The maximum Gasteiger partial charge on any atom is 0.115 e. The molecule has 0 bridgehead atoms. The molecular formula is C27H30N2OS. The van der Waals surface area contributed by atoms with Crippen LogP contribution < -0.4 is 4.90 Å². The van der Waals surface area contributed by atoms with Gasteiger partial charge in [0.1, 0.15) is 5.75 Å². The summed E-state index contributed by atoms with van der Waals surface area (Å²) < 4.78 is 0.